The maximum atomic E-state index is 3.60. The summed E-state index contributed by atoms with van der Waals surface area (Å²) >= 11 is 3.52. The number of hydrogen-bond acceptors (Lipinski definition) is 2. The van der Waals surface area contributed by atoms with Gasteiger partial charge in [-0.1, -0.05) is 28.1 Å². The summed E-state index contributed by atoms with van der Waals surface area (Å²) < 4.78 is 1.16. The quantitative estimate of drug-likeness (QED) is 0.808. The summed E-state index contributed by atoms with van der Waals surface area (Å²) in [6, 6.07) is 8.98. The first-order valence-electron chi connectivity index (χ1n) is 6.97. The van der Waals surface area contributed by atoms with Crippen molar-refractivity contribution in [2.45, 2.75) is 32.2 Å². The van der Waals surface area contributed by atoms with Crippen molar-refractivity contribution >= 4 is 15.9 Å². The number of halogens is 1. The van der Waals surface area contributed by atoms with Gasteiger partial charge in [0.25, 0.3) is 0 Å². The molecule has 18 heavy (non-hydrogen) atoms. The topological polar surface area (TPSA) is 15.3 Å². The predicted molar refractivity (Wildman–Crippen MR) is 80.9 cm³/mol. The molecule has 0 spiro atoms. The molecule has 3 heteroatoms. The Bertz CT molecular complexity index is 361. The van der Waals surface area contributed by atoms with Crippen LogP contribution in [-0.4, -0.2) is 31.1 Å². The van der Waals surface area contributed by atoms with Crippen LogP contribution in [0.25, 0.3) is 0 Å². The summed E-state index contributed by atoms with van der Waals surface area (Å²) in [5.41, 5.74) is 1.35. The number of likely N-dealkylation sites (tertiary alicyclic amines) is 1. The molecule has 0 radical (unpaired) electrons. The Balaban J connectivity index is 1.66. The Morgan fingerprint density at radius 2 is 2.11 bits per heavy atom. The summed E-state index contributed by atoms with van der Waals surface area (Å²) in [5.74, 6) is 0. The first-order chi connectivity index (χ1) is 8.75. The number of hydrogen-bond donors (Lipinski definition) is 1. The van der Waals surface area contributed by atoms with Gasteiger partial charge in [-0.25, -0.2) is 0 Å². The molecular weight excluding hydrogens is 288 g/mol. The van der Waals surface area contributed by atoms with Crippen molar-refractivity contribution in [1.82, 2.24) is 10.2 Å². The average Bonchev–Trinajstić information content (AvgIpc) is 2.87. The van der Waals surface area contributed by atoms with Gasteiger partial charge in [-0.3, -0.25) is 0 Å². The van der Waals surface area contributed by atoms with Crippen LogP contribution in [0.2, 0.25) is 0 Å². The van der Waals surface area contributed by atoms with Gasteiger partial charge in [0.05, 0.1) is 0 Å². The molecule has 1 fully saturated rings. The van der Waals surface area contributed by atoms with Crippen LogP contribution in [-0.2, 0) is 0 Å². The van der Waals surface area contributed by atoms with E-state index in [1.54, 1.807) is 0 Å². The van der Waals surface area contributed by atoms with Crippen LogP contribution >= 0.6 is 15.9 Å². The lowest BCUT2D eigenvalue weighted by Gasteiger charge is -2.17. The van der Waals surface area contributed by atoms with E-state index in [0.29, 0.717) is 6.04 Å². The van der Waals surface area contributed by atoms with Crippen LogP contribution in [0, 0.1) is 0 Å². The van der Waals surface area contributed by atoms with Crippen molar-refractivity contribution in [1.29, 1.82) is 0 Å². The van der Waals surface area contributed by atoms with Crippen molar-refractivity contribution in [3.8, 4) is 0 Å². The second kappa shape index (κ2) is 7.27. The molecule has 1 aromatic carbocycles. The van der Waals surface area contributed by atoms with E-state index in [0.717, 1.165) is 11.0 Å². The van der Waals surface area contributed by atoms with E-state index in [-0.39, 0.29) is 0 Å². The molecule has 0 aromatic heterocycles. The van der Waals surface area contributed by atoms with Gasteiger partial charge < -0.3 is 10.2 Å². The third-order valence-electron chi connectivity index (χ3n) is 3.65. The minimum atomic E-state index is 0.432. The van der Waals surface area contributed by atoms with Crippen molar-refractivity contribution < 1.29 is 0 Å². The monoisotopic (exact) mass is 310 g/mol. The number of nitrogens with zero attached hydrogens (tertiary/aromatic N) is 1. The van der Waals surface area contributed by atoms with E-state index in [1.165, 1.54) is 44.5 Å². The van der Waals surface area contributed by atoms with Gasteiger partial charge in [-0.15, -0.1) is 0 Å². The highest BCUT2D eigenvalue weighted by Gasteiger charge is 2.10. The molecule has 1 aliphatic heterocycles. The van der Waals surface area contributed by atoms with E-state index in [4.69, 9.17) is 0 Å². The van der Waals surface area contributed by atoms with Gasteiger partial charge in [0.2, 0.25) is 0 Å². The van der Waals surface area contributed by atoms with Crippen molar-refractivity contribution in [3.05, 3.63) is 34.3 Å². The molecule has 0 saturated carbocycles. The first kappa shape index (κ1) is 14.0. The zero-order valence-electron chi connectivity index (χ0n) is 11.2. The highest BCUT2D eigenvalue weighted by Crippen LogP contribution is 2.17. The molecule has 0 aliphatic carbocycles. The Morgan fingerprint density at radius 3 is 2.83 bits per heavy atom. The fraction of sp³-hybridized carbons (Fsp3) is 0.600. The molecule has 1 saturated heterocycles. The Labute approximate surface area is 119 Å². The molecule has 1 aromatic rings. The van der Waals surface area contributed by atoms with Crippen LogP contribution < -0.4 is 5.32 Å². The Morgan fingerprint density at radius 1 is 1.33 bits per heavy atom. The molecule has 100 valence electrons. The molecule has 2 rings (SSSR count). The molecule has 2 nitrogen and oxygen atoms in total. The second-order valence-corrected chi connectivity index (χ2v) is 6.05. The molecule has 1 heterocycles. The number of nitrogens with one attached hydrogen (secondary N) is 1. The summed E-state index contributed by atoms with van der Waals surface area (Å²) in [5, 5.41) is 3.60. The molecule has 0 unspecified atom stereocenters. The number of benzene rings is 1. The Hall–Kier alpha value is -0.380. The highest BCUT2D eigenvalue weighted by atomic mass is 79.9. The maximum absolute atomic E-state index is 3.60. The smallest absolute Gasteiger partial charge is 0.0292 e. The fourth-order valence-electron chi connectivity index (χ4n) is 2.52. The van der Waals surface area contributed by atoms with Gasteiger partial charge in [0.1, 0.15) is 0 Å². The number of rotatable bonds is 6. The van der Waals surface area contributed by atoms with E-state index in [9.17, 15) is 0 Å². The van der Waals surface area contributed by atoms with Crippen molar-refractivity contribution in [2.75, 3.05) is 26.2 Å². The SMILES string of the molecule is C[C@H](NCCCN1CCCC1)c1cccc(Br)c1. The second-order valence-electron chi connectivity index (χ2n) is 5.13. The van der Waals surface area contributed by atoms with Crippen LogP contribution in [0.3, 0.4) is 0 Å². The fourth-order valence-corrected chi connectivity index (χ4v) is 2.94. The summed E-state index contributed by atoms with van der Waals surface area (Å²) in [7, 11) is 0. The van der Waals surface area contributed by atoms with Crippen LogP contribution in [0.4, 0.5) is 0 Å². The largest absolute Gasteiger partial charge is 0.310 e. The first-order valence-corrected chi connectivity index (χ1v) is 7.76. The van der Waals surface area contributed by atoms with Gasteiger partial charge in [0, 0.05) is 10.5 Å². The van der Waals surface area contributed by atoms with Crippen molar-refractivity contribution in [3.63, 3.8) is 0 Å². The summed E-state index contributed by atoms with van der Waals surface area (Å²) in [4.78, 5) is 2.57. The van der Waals surface area contributed by atoms with E-state index >= 15 is 0 Å². The molecule has 1 aliphatic rings. The predicted octanol–water partition coefficient (Wildman–Crippen LogP) is 3.59. The average molecular weight is 311 g/mol. The Kier molecular flexibility index (Phi) is 5.67. The highest BCUT2D eigenvalue weighted by molar-refractivity contribution is 9.10. The maximum Gasteiger partial charge on any atom is 0.0292 e. The molecule has 0 bridgehead atoms. The van der Waals surface area contributed by atoms with E-state index in [2.05, 4.69) is 57.3 Å². The lowest BCUT2D eigenvalue weighted by atomic mass is 10.1. The molecule has 0 amide bonds. The third kappa shape index (κ3) is 4.38. The van der Waals surface area contributed by atoms with Gasteiger partial charge in [-0.05, 0) is 70.1 Å². The zero-order valence-corrected chi connectivity index (χ0v) is 12.7. The third-order valence-corrected chi connectivity index (χ3v) is 4.14. The summed E-state index contributed by atoms with van der Waals surface area (Å²) in [6.45, 7) is 7.20. The van der Waals surface area contributed by atoms with E-state index < -0.39 is 0 Å². The van der Waals surface area contributed by atoms with Gasteiger partial charge in [-0.2, -0.15) is 0 Å². The standard InChI is InChI=1S/C15H23BrN2/c1-13(14-6-4-7-15(16)12-14)17-8-5-11-18-9-2-3-10-18/h4,6-7,12-13,17H,2-3,5,8-11H2,1H3/t13-/m0/s1. The molecular formula is C15H23BrN2. The van der Waals surface area contributed by atoms with Crippen LogP contribution in [0.15, 0.2) is 28.7 Å². The minimum absolute atomic E-state index is 0.432. The van der Waals surface area contributed by atoms with Gasteiger partial charge >= 0.3 is 0 Å². The normalized spacial score (nSPS) is 18.1. The zero-order chi connectivity index (χ0) is 12.8. The lowest BCUT2D eigenvalue weighted by Crippen LogP contribution is -2.26. The molecule has 1 atom stereocenters. The van der Waals surface area contributed by atoms with Crippen LogP contribution in [0.1, 0.15) is 37.8 Å². The van der Waals surface area contributed by atoms with Crippen molar-refractivity contribution in [2.24, 2.45) is 0 Å². The van der Waals surface area contributed by atoms with Gasteiger partial charge in [0.15, 0.2) is 0 Å². The van der Waals surface area contributed by atoms with E-state index in [1.807, 2.05) is 0 Å². The lowest BCUT2D eigenvalue weighted by molar-refractivity contribution is 0.328. The summed E-state index contributed by atoms with van der Waals surface area (Å²) in [6.07, 6.45) is 4.03. The molecule has 1 N–H and O–H groups in total. The minimum Gasteiger partial charge on any atom is -0.310 e. The van der Waals surface area contributed by atoms with Crippen LogP contribution in [0.5, 0.6) is 0 Å².